The maximum atomic E-state index is 11.8. The van der Waals surface area contributed by atoms with Gasteiger partial charge in [-0.05, 0) is 30.6 Å². The van der Waals surface area contributed by atoms with E-state index in [-0.39, 0.29) is 5.91 Å². The van der Waals surface area contributed by atoms with E-state index < -0.39 is 0 Å². The lowest BCUT2D eigenvalue weighted by atomic mass is 10.1. The Morgan fingerprint density at radius 1 is 1.41 bits per heavy atom. The minimum atomic E-state index is -0.146. The van der Waals surface area contributed by atoms with Crippen molar-refractivity contribution < 1.29 is 4.79 Å². The average Bonchev–Trinajstić information content (AvgIpc) is 2.79. The molecule has 17 heavy (non-hydrogen) atoms. The average molecular weight is 268 g/mol. The highest BCUT2D eigenvalue weighted by Crippen LogP contribution is 2.25. The Hall–Kier alpha value is -1.46. The third-order valence-electron chi connectivity index (χ3n) is 2.15. The zero-order chi connectivity index (χ0) is 12.3. The number of carbonyl (C=O) groups excluding carboxylic acids is 1. The molecule has 1 aromatic heterocycles. The largest absolute Gasteiger partial charge is 0.351 e. The molecule has 2 rings (SSSR count). The Morgan fingerprint density at radius 3 is 2.76 bits per heavy atom. The number of hydrogen-bond donors (Lipinski definition) is 1. The van der Waals surface area contributed by atoms with Gasteiger partial charge in [-0.3, -0.25) is 4.79 Å². The SMILES string of the molecule is CCNC(=O)c1snnc1-c1ccc(Cl)cc1. The molecule has 0 aliphatic heterocycles. The number of amides is 1. The van der Waals surface area contributed by atoms with Crippen molar-refractivity contribution in [1.82, 2.24) is 14.9 Å². The first kappa shape index (κ1) is 12.0. The number of nitrogens with zero attached hydrogens (tertiary/aromatic N) is 2. The van der Waals surface area contributed by atoms with Crippen molar-refractivity contribution in [2.24, 2.45) is 0 Å². The van der Waals surface area contributed by atoms with E-state index in [1.165, 1.54) is 0 Å². The highest BCUT2D eigenvalue weighted by atomic mass is 35.5. The summed E-state index contributed by atoms with van der Waals surface area (Å²) in [6.07, 6.45) is 0. The Labute approximate surface area is 108 Å². The number of halogens is 1. The van der Waals surface area contributed by atoms with Crippen molar-refractivity contribution in [3.05, 3.63) is 34.2 Å². The summed E-state index contributed by atoms with van der Waals surface area (Å²) in [5.41, 5.74) is 1.43. The number of nitrogens with one attached hydrogen (secondary N) is 1. The van der Waals surface area contributed by atoms with Gasteiger partial charge in [-0.25, -0.2) is 0 Å². The van der Waals surface area contributed by atoms with E-state index in [1.807, 2.05) is 19.1 Å². The summed E-state index contributed by atoms with van der Waals surface area (Å²) in [5, 5.41) is 7.37. The lowest BCUT2D eigenvalue weighted by Crippen LogP contribution is -2.22. The van der Waals surface area contributed by atoms with E-state index in [2.05, 4.69) is 14.9 Å². The molecule has 0 spiro atoms. The van der Waals surface area contributed by atoms with E-state index >= 15 is 0 Å². The van der Waals surface area contributed by atoms with Crippen molar-refractivity contribution >= 4 is 29.0 Å². The van der Waals surface area contributed by atoms with Gasteiger partial charge in [-0.2, -0.15) is 0 Å². The molecule has 0 unspecified atom stereocenters. The molecule has 1 N–H and O–H groups in total. The Kier molecular flexibility index (Phi) is 3.71. The maximum Gasteiger partial charge on any atom is 0.265 e. The van der Waals surface area contributed by atoms with Crippen molar-refractivity contribution in [2.45, 2.75) is 6.92 Å². The fourth-order valence-corrected chi connectivity index (χ4v) is 2.11. The second kappa shape index (κ2) is 5.25. The molecule has 0 fully saturated rings. The lowest BCUT2D eigenvalue weighted by Gasteiger charge is -2.01. The second-order valence-electron chi connectivity index (χ2n) is 3.32. The van der Waals surface area contributed by atoms with Crippen molar-refractivity contribution in [3.8, 4) is 11.3 Å². The zero-order valence-electron chi connectivity index (χ0n) is 9.11. The van der Waals surface area contributed by atoms with Gasteiger partial charge in [-0.1, -0.05) is 28.2 Å². The summed E-state index contributed by atoms with van der Waals surface area (Å²) in [6, 6.07) is 7.17. The molecule has 1 heterocycles. The predicted octanol–water partition coefficient (Wildman–Crippen LogP) is 2.61. The third-order valence-corrected chi connectivity index (χ3v) is 3.13. The van der Waals surface area contributed by atoms with Gasteiger partial charge in [0.1, 0.15) is 10.6 Å². The number of carbonyl (C=O) groups is 1. The summed E-state index contributed by atoms with van der Waals surface area (Å²) in [7, 11) is 0. The fraction of sp³-hybridized carbons (Fsp3) is 0.182. The molecule has 0 aliphatic carbocycles. The van der Waals surface area contributed by atoms with Crippen LogP contribution in [0.15, 0.2) is 24.3 Å². The Balaban J connectivity index is 2.36. The summed E-state index contributed by atoms with van der Waals surface area (Å²) < 4.78 is 3.82. The molecule has 4 nitrogen and oxygen atoms in total. The van der Waals surface area contributed by atoms with E-state index in [9.17, 15) is 4.79 Å². The zero-order valence-corrected chi connectivity index (χ0v) is 10.7. The smallest absolute Gasteiger partial charge is 0.265 e. The first-order chi connectivity index (χ1) is 8.22. The van der Waals surface area contributed by atoms with Crippen LogP contribution in [0.25, 0.3) is 11.3 Å². The topological polar surface area (TPSA) is 54.9 Å². The maximum absolute atomic E-state index is 11.8. The number of hydrogen-bond acceptors (Lipinski definition) is 4. The minimum absolute atomic E-state index is 0.146. The highest BCUT2D eigenvalue weighted by Gasteiger charge is 2.16. The van der Waals surface area contributed by atoms with E-state index in [0.717, 1.165) is 17.1 Å². The molecular weight excluding hydrogens is 258 g/mol. The molecule has 0 saturated heterocycles. The summed E-state index contributed by atoms with van der Waals surface area (Å²) in [4.78, 5) is 12.3. The molecule has 0 saturated carbocycles. The minimum Gasteiger partial charge on any atom is -0.351 e. The van der Waals surface area contributed by atoms with Gasteiger partial charge in [-0.15, -0.1) is 5.10 Å². The van der Waals surface area contributed by atoms with Crippen molar-refractivity contribution in [2.75, 3.05) is 6.54 Å². The van der Waals surface area contributed by atoms with Crippen LogP contribution < -0.4 is 5.32 Å². The van der Waals surface area contributed by atoms with Crippen LogP contribution in [0.1, 0.15) is 16.6 Å². The van der Waals surface area contributed by atoms with Gasteiger partial charge in [0.2, 0.25) is 0 Å². The number of benzene rings is 1. The van der Waals surface area contributed by atoms with Crippen molar-refractivity contribution in [3.63, 3.8) is 0 Å². The molecule has 6 heteroatoms. The molecule has 1 aromatic carbocycles. The first-order valence-electron chi connectivity index (χ1n) is 5.09. The van der Waals surface area contributed by atoms with Crippen LogP contribution in [0.3, 0.4) is 0 Å². The van der Waals surface area contributed by atoms with Crippen molar-refractivity contribution in [1.29, 1.82) is 0 Å². The predicted molar refractivity (Wildman–Crippen MR) is 68.4 cm³/mol. The van der Waals surface area contributed by atoms with Crippen LogP contribution >= 0.6 is 23.1 Å². The highest BCUT2D eigenvalue weighted by molar-refractivity contribution is 7.08. The van der Waals surface area contributed by atoms with Gasteiger partial charge in [0.05, 0.1) is 0 Å². The van der Waals surface area contributed by atoms with Gasteiger partial charge >= 0.3 is 0 Å². The molecular formula is C11H10ClN3OS. The quantitative estimate of drug-likeness (QED) is 0.930. The number of aromatic nitrogens is 2. The van der Waals surface area contributed by atoms with E-state index in [4.69, 9.17) is 11.6 Å². The van der Waals surface area contributed by atoms with Gasteiger partial charge in [0.15, 0.2) is 0 Å². The molecule has 0 radical (unpaired) electrons. The van der Waals surface area contributed by atoms with E-state index in [1.54, 1.807) is 12.1 Å². The lowest BCUT2D eigenvalue weighted by molar-refractivity contribution is 0.0960. The van der Waals surface area contributed by atoms with Gasteiger partial charge in [0, 0.05) is 17.1 Å². The molecule has 1 amide bonds. The summed E-state index contributed by atoms with van der Waals surface area (Å²) >= 11 is 6.90. The van der Waals surface area contributed by atoms with Crippen LogP contribution in [-0.4, -0.2) is 22.0 Å². The molecule has 2 aromatic rings. The van der Waals surface area contributed by atoms with Crippen LogP contribution in [0.2, 0.25) is 5.02 Å². The van der Waals surface area contributed by atoms with Gasteiger partial charge < -0.3 is 5.32 Å². The normalized spacial score (nSPS) is 10.2. The molecule has 0 bridgehead atoms. The molecule has 88 valence electrons. The monoisotopic (exact) mass is 267 g/mol. The first-order valence-corrected chi connectivity index (χ1v) is 6.24. The van der Waals surface area contributed by atoms with Crippen LogP contribution in [0.5, 0.6) is 0 Å². The standard InChI is InChI=1S/C11H10ClN3OS/c1-2-13-11(16)10-9(14-15-17-10)7-3-5-8(12)6-4-7/h3-6H,2H2,1H3,(H,13,16). The van der Waals surface area contributed by atoms with E-state index in [0.29, 0.717) is 22.1 Å². The van der Waals surface area contributed by atoms with Crippen LogP contribution in [-0.2, 0) is 0 Å². The Morgan fingerprint density at radius 2 is 2.12 bits per heavy atom. The van der Waals surface area contributed by atoms with Crippen LogP contribution in [0, 0.1) is 0 Å². The van der Waals surface area contributed by atoms with Gasteiger partial charge in [0.25, 0.3) is 5.91 Å². The summed E-state index contributed by atoms with van der Waals surface area (Å²) in [6.45, 7) is 2.45. The third kappa shape index (κ3) is 2.62. The fourth-order valence-electron chi connectivity index (χ4n) is 1.38. The number of rotatable bonds is 3. The summed E-state index contributed by atoms with van der Waals surface area (Å²) in [5.74, 6) is -0.146. The Bertz CT molecular complexity index is 524. The molecule has 0 aliphatic rings. The molecule has 0 atom stereocenters. The van der Waals surface area contributed by atoms with Crippen LogP contribution in [0.4, 0.5) is 0 Å². The second-order valence-corrected chi connectivity index (χ2v) is 4.51.